The van der Waals surface area contributed by atoms with E-state index in [1.165, 1.54) is 29.7 Å². The summed E-state index contributed by atoms with van der Waals surface area (Å²) < 4.78 is 33.2. The van der Waals surface area contributed by atoms with E-state index in [1.807, 2.05) is 13.0 Å². The molecule has 1 aromatic carbocycles. The largest absolute Gasteiger partial charge is 0.376 e. The van der Waals surface area contributed by atoms with Crippen LogP contribution in [0.5, 0.6) is 5.75 Å². The van der Waals surface area contributed by atoms with Crippen LogP contribution in [-0.2, 0) is 10.1 Å². The molecule has 0 atom stereocenters. The van der Waals surface area contributed by atoms with E-state index in [1.54, 1.807) is 41.2 Å². The number of halogens is 1. The first-order valence-corrected chi connectivity index (χ1v) is 11.4. The third kappa shape index (κ3) is 3.30. The zero-order valence-electron chi connectivity index (χ0n) is 15.5. The molecule has 4 aromatic heterocycles. The van der Waals surface area contributed by atoms with E-state index in [4.69, 9.17) is 15.8 Å². The lowest BCUT2D eigenvalue weighted by atomic mass is 10.2. The Kier molecular flexibility index (Phi) is 4.46. The Balaban J connectivity index is 1.59. The van der Waals surface area contributed by atoms with Gasteiger partial charge in [-0.2, -0.15) is 13.5 Å². The van der Waals surface area contributed by atoms with Crippen LogP contribution in [0.1, 0.15) is 5.56 Å². The van der Waals surface area contributed by atoms with E-state index < -0.39 is 10.1 Å². The van der Waals surface area contributed by atoms with Crippen molar-refractivity contribution < 1.29 is 12.6 Å². The first kappa shape index (κ1) is 19.0. The molecule has 0 N–H and O–H groups in total. The zero-order chi connectivity index (χ0) is 20.9. The minimum Gasteiger partial charge on any atom is -0.376 e. The lowest BCUT2D eigenvalue weighted by Crippen LogP contribution is -2.09. The number of benzene rings is 1. The van der Waals surface area contributed by atoms with Crippen LogP contribution in [0.25, 0.3) is 26.3 Å². The fraction of sp³-hybridized carbons (Fsp3) is 0.0500. The van der Waals surface area contributed by atoms with E-state index in [9.17, 15) is 8.42 Å². The normalized spacial score (nSPS) is 11.9. The standard InChI is InChI=1S/C20H13ClN4O3S2/c1-12-2-4-14(5-3-12)30(26,27)28-16-11-22-9-13-8-17(29-20(13)16)15-10-23-19-7-6-18(21)24-25(15)19/h2-11H,1H3. The zero-order valence-corrected chi connectivity index (χ0v) is 17.9. The minimum atomic E-state index is -3.99. The second-order valence-electron chi connectivity index (χ2n) is 6.59. The van der Waals surface area contributed by atoms with Gasteiger partial charge in [-0.25, -0.2) is 9.50 Å². The van der Waals surface area contributed by atoms with Gasteiger partial charge in [-0.3, -0.25) is 4.98 Å². The predicted octanol–water partition coefficient (Wildman–Crippen LogP) is 4.74. The fourth-order valence-electron chi connectivity index (χ4n) is 3.01. The van der Waals surface area contributed by atoms with Crippen LogP contribution in [0.2, 0.25) is 5.15 Å². The van der Waals surface area contributed by atoms with Crippen LogP contribution in [0.15, 0.2) is 66.0 Å². The quantitative estimate of drug-likeness (QED) is 0.363. The van der Waals surface area contributed by atoms with Gasteiger partial charge >= 0.3 is 10.1 Å². The van der Waals surface area contributed by atoms with Crippen molar-refractivity contribution in [3.63, 3.8) is 0 Å². The van der Waals surface area contributed by atoms with Gasteiger partial charge in [0.25, 0.3) is 0 Å². The van der Waals surface area contributed by atoms with E-state index in [-0.39, 0.29) is 10.6 Å². The van der Waals surface area contributed by atoms with Gasteiger partial charge in [-0.1, -0.05) is 29.3 Å². The summed E-state index contributed by atoms with van der Waals surface area (Å²) in [5, 5.41) is 5.39. The maximum absolute atomic E-state index is 12.7. The predicted molar refractivity (Wildman–Crippen MR) is 116 cm³/mol. The molecule has 0 aliphatic carbocycles. The molecule has 0 aliphatic rings. The average molecular weight is 457 g/mol. The first-order chi connectivity index (χ1) is 14.4. The lowest BCUT2D eigenvalue weighted by Gasteiger charge is -2.07. The number of hydrogen-bond acceptors (Lipinski definition) is 7. The Bertz CT molecular complexity index is 1510. The number of thiophene rings is 1. The number of pyridine rings is 1. The van der Waals surface area contributed by atoms with Gasteiger partial charge < -0.3 is 4.18 Å². The van der Waals surface area contributed by atoms with Gasteiger partial charge in [0.2, 0.25) is 0 Å². The second kappa shape index (κ2) is 7.05. The monoisotopic (exact) mass is 456 g/mol. The summed E-state index contributed by atoms with van der Waals surface area (Å²) in [4.78, 5) is 9.39. The van der Waals surface area contributed by atoms with Crippen LogP contribution in [0, 0.1) is 6.92 Å². The molecule has 10 heteroatoms. The third-order valence-electron chi connectivity index (χ3n) is 4.48. The van der Waals surface area contributed by atoms with Crippen molar-refractivity contribution in [2.45, 2.75) is 11.8 Å². The highest BCUT2D eigenvalue weighted by Gasteiger charge is 2.20. The van der Waals surface area contributed by atoms with Crippen molar-refractivity contribution >= 4 is 48.8 Å². The lowest BCUT2D eigenvalue weighted by molar-refractivity contribution is 0.488. The van der Waals surface area contributed by atoms with Crippen molar-refractivity contribution in [1.82, 2.24) is 19.6 Å². The number of rotatable bonds is 4. The number of nitrogens with zero attached hydrogens (tertiary/aromatic N) is 4. The van der Waals surface area contributed by atoms with E-state index in [0.29, 0.717) is 15.5 Å². The molecule has 0 aliphatic heterocycles. The summed E-state index contributed by atoms with van der Waals surface area (Å²) in [7, 11) is -3.99. The van der Waals surface area contributed by atoms with Crippen molar-refractivity contribution in [2.75, 3.05) is 0 Å². The van der Waals surface area contributed by atoms with Crippen LogP contribution >= 0.6 is 22.9 Å². The molecule has 0 saturated heterocycles. The molecule has 0 radical (unpaired) electrons. The van der Waals surface area contributed by atoms with Gasteiger partial charge in [-0.15, -0.1) is 11.3 Å². The maximum atomic E-state index is 12.7. The number of aromatic nitrogens is 4. The molecular weight excluding hydrogens is 444 g/mol. The summed E-state index contributed by atoms with van der Waals surface area (Å²) >= 11 is 7.39. The molecule has 150 valence electrons. The Morgan fingerprint density at radius 1 is 1.07 bits per heavy atom. The second-order valence-corrected chi connectivity index (χ2v) is 9.57. The maximum Gasteiger partial charge on any atom is 0.339 e. The highest BCUT2D eigenvalue weighted by Crippen LogP contribution is 2.39. The molecule has 5 rings (SSSR count). The minimum absolute atomic E-state index is 0.0857. The van der Waals surface area contributed by atoms with E-state index in [0.717, 1.165) is 21.5 Å². The van der Waals surface area contributed by atoms with Gasteiger partial charge in [0.15, 0.2) is 11.4 Å². The Hall–Kier alpha value is -3.01. The molecule has 4 heterocycles. The molecule has 0 bridgehead atoms. The molecule has 5 aromatic rings. The van der Waals surface area contributed by atoms with Gasteiger partial charge in [0, 0.05) is 11.6 Å². The highest BCUT2D eigenvalue weighted by molar-refractivity contribution is 7.87. The summed E-state index contributed by atoms with van der Waals surface area (Å²) in [5.74, 6) is 0.170. The molecule has 0 amide bonds. The first-order valence-electron chi connectivity index (χ1n) is 8.80. The molecule has 0 fully saturated rings. The van der Waals surface area contributed by atoms with Crippen molar-refractivity contribution in [2.24, 2.45) is 0 Å². The van der Waals surface area contributed by atoms with E-state index in [2.05, 4.69) is 15.1 Å². The summed E-state index contributed by atoms with van der Waals surface area (Å²) in [6.07, 6.45) is 4.75. The Morgan fingerprint density at radius 2 is 1.87 bits per heavy atom. The molecular formula is C20H13ClN4O3S2. The molecule has 7 nitrogen and oxygen atoms in total. The van der Waals surface area contributed by atoms with E-state index >= 15 is 0 Å². The SMILES string of the molecule is Cc1ccc(S(=O)(=O)Oc2cncc3cc(-c4cnc5ccc(Cl)nn45)sc23)cc1. The Morgan fingerprint density at radius 3 is 2.67 bits per heavy atom. The van der Waals surface area contributed by atoms with Gasteiger partial charge in [0.1, 0.15) is 15.7 Å². The van der Waals surface area contributed by atoms with Crippen LogP contribution in [0.4, 0.5) is 0 Å². The highest BCUT2D eigenvalue weighted by atomic mass is 35.5. The number of aryl methyl sites for hydroxylation is 1. The summed E-state index contributed by atoms with van der Waals surface area (Å²) in [6, 6.07) is 11.8. The number of imidazole rings is 1. The number of fused-ring (bicyclic) bond motifs is 2. The fourth-order valence-corrected chi connectivity index (χ4v) is 5.21. The average Bonchev–Trinajstić information content (AvgIpc) is 3.32. The third-order valence-corrected chi connectivity index (χ3v) is 7.12. The summed E-state index contributed by atoms with van der Waals surface area (Å²) in [5.41, 5.74) is 2.35. The number of hydrogen-bond donors (Lipinski definition) is 0. The Labute approximate surface area is 180 Å². The topological polar surface area (TPSA) is 86.5 Å². The molecule has 0 unspecified atom stereocenters. The van der Waals surface area contributed by atoms with Gasteiger partial charge in [0.05, 0.1) is 22.0 Å². The molecule has 0 spiro atoms. The van der Waals surface area contributed by atoms with Crippen LogP contribution in [0.3, 0.4) is 0 Å². The van der Waals surface area contributed by atoms with Gasteiger partial charge in [-0.05, 0) is 37.3 Å². The summed E-state index contributed by atoms with van der Waals surface area (Å²) in [6.45, 7) is 1.89. The van der Waals surface area contributed by atoms with Crippen molar-refractivity contribution in [3.8, 4) is 16.3 Å². The molecule has 30 heavy (non-hydrogen) atoms. The van der Waals surface area contributed by atoms with Crippen LogP contribution < -0.4 is 4.18 Å². The smallest absolute Gasteiger partial charge is 0.339 e. The van der Waals surface area contributed by atoms with Crippen molar-refractivity contribution in [3.05, 3.63) is 71.8 Å². The van der Waals surface area contributed by atoms with Crippen molar-refractivity contribution in [1.29, 1.82) is 0 Å². The molecule has 0 saturated carbocycles. The van der Waals surface area contributed by atoms with Crippen LogP contribution in [-0.4, -0.2) is 28.0 Å².